The van der Waals surface area contributed by atoms with Crippen molar-refractivity contribution in [2.75, 3.05) is 25.5 Å². The van der Waals surface area contributed by atoms with Gasteiger partial charge in [0.25, 0.3) is 11.6 Å². The third-order valence-corrected chi connectivity index (χ3v) is 4.03. The smallest absolute Gasteiger partial charge is 0.339 e. The first-order chi connectivity index (χ1) is 14.2. The van der Waals surface area contributed by atoms with E-state index in [9.17, 15) is 24.5 Å². The fraction of sp³-hybridized carbons (Fsp3) is 0.250. The summed E-state index contributed by atoms with van der Waals surface area (Å²) in [6.45, 7) is 1.99. The van der Waals surface area contributed by atoms with E-state index in [1.54, 1.807) is 56.3 Å². The van der Waals surface area contributed by atoms with Gasteiger partial charge in [-0.3, -0.25) is 20.2 Å². The van der Waals surface area contributed by atoms with Gasteiger partial charge >= 0.3 is 12.0 Å². The highest BCUT2D eigenvalue weighted by Crippen LogP contribution is 2.29. The van der Waals surface area contributed by atoms with Crippen molar-refractivity contribution in [1.29, 1.82) is 0 Å². The maximum Gasteiger partial charge on any atom is 0.339 e. The lowest BCUT2D eigenvalue weighted by atomic mass is 10.1. The number of nitrogens with zero attached hydrogens (tertiary/aromatic N) is 2. The van der Waals surface area contributed by atoms with Crippen LogP contribution in [0.15, 0.2) is 48.5 Å². The van der Waals surface area contributed by atoms with Gasteiger partial charge in [-0.2, -0.15) is 0 Å². The number of amides is 3. The van der Waals surface area contributed by atoms with E-state index in [1.165, 1.54) is 12.1 Å². The van der Waals surface area contributed by atoms with Gasteiger partial charge < -0.3 is 15.0 Å². The van der Waals surface area contributed by atoms with Crippen LogP contribution >= 0.6 is 0 Å². The third kappa shape index (κ3) is 5.53. The Morgan fingerprint density at radius 2 is 1.80 bits per heavy atom. The van der Waals surface area contributed by atoms with E-state index in [2.05, 4.69) is 10.6 Å². The number of anilines is 1. The summed E-state index contributed by atoms with van der Waals surface area (Å²) in [5, 5.41) is 15.9. The topological polar surface area (TPSA) is 131 Å². The first kappa shape index (κ1) is 22.3. The van der Waals surface area contributed by atoms with E-state index in [0.717, 1.165) is 6.07 Å². The molecular formula is C20H22N4O6. The molecular weight excluding hydrogens is 392 g/mol. The van der Waals surface area contributed by atoms with Gasteiger partial charge in [-0.25, -0.2) is 9.59 Å². The number of hydrogen-bond donors (Lipinski definition) is 2. The molecule has 0 unspecified atom stereocenters. The maximum absolute atomic E-state index is 12.7. The highest BCUT2D eigenvalue weighted by Gasteiger charge is 2.28. The zero-order valence-electron chi connectivity index (χ0n) is 16.7. The Bertz CT molecular complexity index is 946. The van der Waals surface area contributed by atoms with Gasteiger partial charge in [-0.15, -0.1) is 0 Å². The Kier molecular flexibility index (Phi) is 7.45. The molecule has 0 aromatic heterocycles. The Morgan fingerprint density at radius 1 is 1.13 bits per heavy atom. The van der Waals surface area contributed by atoms with Crippen LogP contribution in [-0.2, 0) is 9.53 Å². The summed E-state index contributed by atoms with van der Waals surface area (Å²) in [5.41, 5.74) is 0.272. The maximum atomic E-state index is 12.7. The first-order valence-corrected chi connectivity index (χ1v) is 9.05. The number of carbonyl (C=O) groups is 3. The fourth-order valence-electron chi connectivity index (χ4n) is 2.63. The average Bonchev–Trinajstić information content (AvgIpc) is 2.71. The number of ether oxygens (including phenoxy) is 1. The SMILES string of the molecule is CCNC(=O)NC(=O)[C@H](OC(=O)c1ccc(N(C)C)c([N+](=O)[O-])c1)c1ccccc1. The highest BCUT2D eigenvalue weighted by atomic mass is 16.6. The number of imide groups is 1. The molecule has 0 radical (unpaired) electrons. The normalized spacial score (nSPS) is 11.2. The van der Waals surface area contributed by atoms with E-state index >= 15 is 0 Å². The van der Waals surface area contributed by atoms with E-state index < -0.39 is 28.9 Å². The van der Waals surface area contributed by atoms with E-state index in [0.29, 0.717) is 17.8 Å². The van der Waals surface area contributed by atoms with Gasteiger partial charge in [0.2, 0.25) is 6.10 Å². The van der Waals surface area contributed by atoms with Crippen molar-refractivity contribution in [2.45, 2.75) is 13.0 Å². The van der Waals surface area contributed by atoms with Crippen molar-refractivity contribution in [1.82, 2.24) is 10.6 Å². The lowest BCUT2D eigenvalue weighted by Gasteiger charge is -2.18. The van der Waals surface area contributed by atoms with E-state index in [4.69, 9.17) is 4.74 Å². The number of nitro benzene ring substituents is 1. The van der Waals surface area contributed by atoms with Gasteiger partial charge in [-0.1, -0.05) is 30.3 Å². The number of urea groups is 1. The predicted molar refractivity (Wildman–Crippen MR) is 109 cm³/mol. The molecule has 10 nitrogen and oxygen atoms in total. The number of nitro groups is 1. The van der Waals surface area contributed by atoms with Crippen molar-refractivity contribution < 1.29 is 24.0 Å². The summed E-state index contributed by atoms with van der Waals surface area (Å²) in [6, 6.07) is 11.3. The number of benzene rings is 2. The van der Waals surface area contributed by atoms with Gasteiger partial charge in [-0.05, 0) is 19.1 Å². The van der Waals surface area contributed by atoms with E-state index in [-0.39, 0.29) is 11.3 Å². The van der Waals surface area contributed by atoms with Crippen LogP contribution in [0.4, 0.5) is 16.2 Å². The summed E-state index contributed by atoms with van der Waals surface area (Å²) < 4.78 is 5.33. The zero-order chi connectivity index (χ0) is 22.3. The third-order valence-electron chi connectivity index (χ3n) is 4.03. The molecule has 0 saturated heterocycles. The average molecular weight is 414 g/mol. The minimum atomic E-state index is -1.42. The highest BCUT2D eigenvalue weighted by molar-refractivity contribution is 5.99. The molecule has 2 aromatic rings. The lowest BCUT2D eigenvalue weighted by molar-refractivity contribution is -0.384. The Labute approximate surface area is 173 Å². The molecule has 2 N–H and O–H groups in total. The second-order valence-corrected chi connectivity index (χ2v) is 6.40. The van der Waals surface area contributed by atoms with Gasteiger partial charge in [0.15, 0.2) is 0 Å². The molecule has 30 heavy (non-hydrogen) atoms. The Morgan fingerprint density at radius 3 is 2.37 bits per heavy atom. The van der Waals surface area contributed by atoms with Crippen molar-refractivity contribution in [3.8, 4) is 0 Å². The molecule has 2 aromatic carbocycles. The second kappa shape index (κ2) is 10.0. The molecule has 3 amide bonds. The quantitative estimate of drug-likeness (QED) is 0.404. The van der Waals surface area contributed by atoms with Crippen molar-refractivity contribution in [3.05, 3.63) is 69.8 Å². The molecule has 158 valence electrons. The molecule has 0 saturated carbocycles. The number of nitrogens with one attached hydrogen (secondary N) is 2. The minimum absolute atomic E-state index is 0.0981. The molecule has 0 aliphatic carbocycles. The molecule has 0 spiro atoms. The van der Waals surface area contributed by atoms with Crippen LogP contribution in [0, 0.1) is 10.1 Å². The van der Waals surface area contributed by atoms with Gasteiger partial charge in [0, 0.05) is 32.3 Å². The predicted octanol–water partition coefficient (Wildman–Crippen LogP) is 2.40. The van der Waals surface area contributed by atoms with Crippen LogP contribution < -0.4 is 15.5 Å². The summed E-state index contributed by atoms with van der Waals surface area (Å²) in [7, 11) is 3.27. The fourth-order valence-corrected chi connectivity index (χ4v) is 2.63. The van der Waals surface area contributed by atoms with Crippen LogP contribution in [-0.4, -0.2) is 43.5 Å². The van der Waals surface area contributed by atoms with Gasteiger partial charge in [0.05, 0.1) is 10.5 Å². The molecule has 0 aliphatic heterocycles. The Hall–Kier alpha value is -3.95. The van der Waals surface area contributed by atoms with Crippen LogP contribution in [0.5, 0.6) is 0 Å². The summed E-state index contributed by atoms with van der Waals surface area (Å²) in [4.78, 5) is 49.2. The van der Waals surface area contributed by atoms with Crippen LogP contribution in [0.25, 0.3) is 0 Å². The van der Waals surface area contributed by atoms with Gasteiger partial charge in [0.1, 0.15) is 5.69 Å². The van der Waals surface area contributed by atoms with Crippen LogP contribution in [0.1, 0.15) is 28.9 Å². The largest absolute Gasteiger partial charge is 0.444 e. The first-order valence-electron chi connectivity index (χ1n) is 9.05. The molecule has 10 heteroatoms. The summed E-state index contributed by atoms with van der Waals surface area (Å²) >= 11 is 0. The number of carbonyl (C=O) groups excluding carboxylic acids is 3. The second-order valence-electron chi connectivity index (χ2n) is 6.40. The molecule has 2 rings (SSSR count). The number of esters is 1. The summed E-state index contributed by atoms with van der Waals surface area (Å²) in [5.74, 6) is -1.79. The molecule has 0 aliphatic rings. The standard InChI is InChI=1S/C20H22N4O6/c1-4-21-20(27)22-18(25)17(13-8-6-5-7-9-13)30-19(26)14-10-11-15(23(2)3)16(12-14)24(28)29/h5-12,17H,4H2,1-3H3,(H2,21,22,25,27)/t17-/m1/s1. The monoisotopic (exact) mass is 414 g/mol. The van der Waals surface area contributed by atoms with Crippen LogP contribution in [0.3, 0.4) is 0 Å². The molecule has 0 bridgehead atoms. The molecule has 0 heterocycles. The van der Waals surface area contributed by atoms with Crippen molar-refractivity contribution in [2.24, 2.45) is 0 Å². The number of rotatable bonds is 7. The number of hydrogen-bond acceptors (Lipinski definition) is 7. The molecule has 1 atom stereocenters. The lowest BCUT2D eigenvalue weighted by Crippen LogP contribution is -2.42. The van der Waals surface area contributed by atoms with Crippen molar-refractivity contribution >= 4 is 29.3 Å². The minimum Gasteiger partial charge on any atom is -0.444 e. The zero-order valence-corrected chi connectivity index (χ0v) is 16.7. The summed E-state index contributed by atoms with van der Waals surface area (Å²) in [6.07, 6.45) is -1.42. The van der Waals surface area contributed by atoms with Crippen molar-refractivity contribution in [3.63, 3.8) is 0 Å². The Balaban J connectivity index is 2.32. The molecule has 0 fully saturated rings. The van der Waals surface area contributed by atoms with Crippen LogP contribution in [0.2, 0.25) is 0 Å². The van der Waals surface area contributed by atoms with E-state index in [1.807, 2.05) is 0 Å².